The number of nitrogens with one attached hydrogen (secondary N) is 1. The average Bonchev–Trinajstić information content (AvgIpc) is 2.37. The van der Waals surface area contributed by atoms with Crippen molar-refractivity contribution in [2.45, 2.75) is 38.0 Å². The van der Waals surface area contributed by atoms with E-state index in [9.17, 15) is 4.79 Å². The van der Waals surface area contributed by atoms with E-state index in [1.165, 1.54) is 7.11 Å². The third kappa shape index (κ3) is 3.29. The van der Waals surface area contributed by atoms with Crippen molar-refractivity contribution < 1.29 is 14.3 Å². The van der Waals surface area contributed by atoms with Crippen LogP contribution in [0.1, 0.15) is 31.9 Å². The highest BCUT2D eigenvalue weighted by atomic mass is 16.5. The minimum Gasteiger partial charge on any atom is -0.487 e. The van der Waals surface area contributed by atoms with Crippen molar-refractivity contribution in [3.63, 3.8) is 0 Å². The molecule has 2 atom stereocenters. The van der Waals surface area contributed by atoms with Crippen molar-refractivity contribution in [3.05, 3.63) is 29.8 Å². The first kappa shape index (κ1) is 14.8. The number of para-hydroxylation sites is 1. The zero-order valence-electron chi connectivity index (χ0n) is 12.2. The Bertz CT molecular complexity index is 488. The number of carbonyl (C=O) groups is 1. The summed E-state index contributed by atoms with van der Waals surface area (Å²) >= 11 is 0. The Kier molecular flexibility index (Phi) is 4.30. The molecule has 1 aromatic rings. The maximum Gasteiger partial charge on any atom is 0.239 e. The predicted octanol–water partition coefficient (Wildman–Crippen LogP) is 1.38. The fourth-order valence-electron chi connectivity index (χ4n) is 2.47. The minimum atomic E-state index is -0.655. The molecule has 2 rings (SSSR count). The van der Waals surface area contributed by atoms with Crippen LogP contribution < -0.4 is 15.8 Å². The van der Waals surface area contributed by atoms with Crippen molar-refractivity contribution in [2.75, 3.05) is 13.7 Å². The van der Waals surface area contributed by atoms with Gasteiger partial charge in [-0.3, -0.25) is 4.79 Å². The average molecular weight is 278 g/mol. The van der Waals surface area contributed by atoms with Crippen LogP contribution >= 0.6 is 0 Å². The molecule has 3 N–H and O–H groups in total. The van der Waals surface area contributed by atoms with Gasteiger partial charge in [0, 0.05) is 19.1 Å². The number of methoxy groups -OCH3 is 1. The van der Waals surface area contributed by atoms with Gasteiger partial charge in [-0.05, 0) is 19.9 Å². The van der Waals surface area contributed by atoms with Crippen molar-refractivity contribution in [1.29, 1.82) is 0 Å². The number of hydrogen-bond acceptors (Lipinski definition) is 4. The molecule has 1 aliphatic rings. The monoisotopic (exact) mass is 278 g/mol. The highest BCUT2D eigenvalue weighted by molar-refractivity contribution is 5.82. The lowest BCUT2D eigenvalue weighted by atomic mass is 9.89. The zero-order chi connectivity index (χ0) is 14.8. The zero-order valence-corrected chi connectivity index (χ0v) is 12.2. The van der Waals surface area contributed by atoms with Gasteiger partial charge in [-0.2, -0.15) is 0 Å². The SMILES string of the molecule is COCC(N)C(=O)NC1CC(C)(C)Oc2ccccc21. The summed E-state index contributed by atoms with van der Waals surface area (Å²) in [6.45, 7) is 4.23. The van der Waals surface area contributed by atoms with E-state index < -0.39 is 6.04 Å². The molecule has 0 saturated carbocycles. The summed E-state index contributed by atoms with van der Waals surface area (Å²) < 4.78 is 10.8. The molecule has 0 bridgehead atoms. The Labute approximate surface area is 119 Å². The van der Waals surface area contributed by atoms with Gasteiger partial charge in [0.15, 0.2) is 0 Å². The third-order valence-electron chi connectivity index (χ3n) is 3.38. The van der Waals surface area contributed by atoms with Crippen LogP contribution in [0.5, 0.6) is 5.75 Å². The lowest BCUT2D eigenvalue weighted by Crippen LogP contribution is -2.48. The first-order valence-electron chi connectivity index (χ1n) is 6.76. The molecule has 0 spiro atoms. The van der Waals surface area contributed by atoms with Crippen LogP contribution in [-0.2, 0) is 9.53 Å². The molecule has 2 unspecified atom stereocenters. The van der Waals surface area contributed by atoms with E-state index in [2.05, 4.69) is 5.32 Å². The largest absolute Gasteiger partial charge is 0.487 e. The number of fused-ring (bicyclic) bond motifs is 1. The molecule has 5 nitrogen and oxygen atoms in total. The Morgan fingerprint density at radius 2 is 2.25 bits per heavy atom. The summed E-state index contributed by atoms with van der Waals surface area (Å²) in [5.41, 5.74) is 6.43. The second-order valence-electron chi connectivity index (χ2n) is 5.73. The van der Waals surface area contributed by atoms with Gasteiger partial charge in [-0.15, -0.1) is 0 Å². The standard InChI is InChI=1S/C15H22N2O3/c1-15(2)8-12(17-14(18)11(16)9-19-3)10-6-4-5-7-13(10)20-15/h4-7,11-12H,8-9,16H2,1-3H3,(H,17,18). The summed E-state index contributed by atoms with van der Waals surface area (Å²) in [6, 6.07) is 7.01. The van der Waals surface area contributed by atoms with E-state index in [0.717, 1.165) is 11.3 Å². The van der Waals surface area contributed by atoms with Crippen molar-refractivity contribution >= 4 is 5.91 Å². The topological polar surface area (TPSA) is 73.6 Å². The van der Waals surface area contributed by atoms with Gasteiger partial charge in [0.2, 0.25) is 5.91 Å². The van der Waals surface area contributed by atoms with Crippen LogP contribution in [0.4, 0.5) is 0 Å². The summed E-state index contributed by atoms with van der Waals surface area (Å²) in [4.78, 5) is 12.1. The Morgan fingerprint density at radius 3 is 2.95 bits per heavy atom. The molecule has 0 radical (unpaired) electrons. The van der Waals surface area contributed by atoms with Crippen LogP contribution in [0.2, 0.25) is 0 Å². The van der Waals surface area contributed by atoms with Gasteiger partial charge in [0.05, 0.1) is 12.6 Å². The van der Waals surface area contributed by atoms with Gasteiger partial charge in [-0.1, -0.05) is 18.2 Å². The fourth-order valence-corrected chi connectivity index (χ4v) is 2.47. The Hall–Kier alpha value is -1.59. The van der Waals surface area contributed by atoms with Crippen molar-refractivity contribution in [1.82, 2.24) is 5.32 Å². The molecule has 1 aliphatic heterocycles. The first-order valence-corrected chi connectivity index (χ1v) is 6.76. The van der Waals surface area contributed by atoms with Gasteiger partial charge >= 0.3 is 0 Å². The van der Waals surface area contributed by atoms with Crippen LogP contribution in [-0.4, -0.2) is 31.3 Å². The molecule has 1 aromatic carbocycles. The fraction of sp³-hybridized carbons (Fsp3) is 0.533. The van der Waals surface area contributed by atoms with E-state index in [-0.39, 0.29) is 24.2 Å². The maximum absolute atomic E-state index is 12.1. The van der Waals surface area contributed by atoms with E-state index in [1.807, 2.05) is 38.1 Å². The number of benzene rings is 1. The molecule has 0 aliphatic carbocycles. The third-order valence-corrected chi connectivity index (χ3v) is 3.38. The quantitative estimate of drug-likeness (QED) is 0.872. The number of hydrogen-bond donors (Lipinski definition) is 2. The highest BCUT2D eigenvalue weighted by Gasteiger charge is 2.34. The first-order chi connectivity index (χ1) is 9.43. The lowest BCUT2D eigenvalue weighted by molar-refractivity contribution is -0.124. The Balaban J connectivity index is 2.17. The second-order valence-corrected chi connectivity index (χ2v) is 5.73. The van der Waals surface area contributed by atoms with Crippen molar-refractivity contribution in [2.24, 2.45) is 5.73 Å². The number of nitrogens with two attached hydrogens (primary N) is 1. The van der Waals surface area contributed by atoms with Crippen LogP contribution in [0.15, 0.2) is 24.3 Å². The molecule has 1 heterocycles. The molecule has 110 valence electrons. The Morgan fingerprint density at radius 1 is 1.55 bits per heavy atom. The van der Waals surface area contributed by atoms with Gasteiger partial charge in [0.25, 0.3) is 0 Å². The number of carbonyl (C=O) groups excluding carboxylic acids is 1. The van der Waals surface area contributed by atoms with Crippen LogP contribution in [0.25, 0.3) is 0 Å². The summed E-state index contributed by atoms with van der Waals surface area (Å²) in [7, 11) is 1.53. The normalized spacial score (nSPS) is 21.5. The smallest absolute Gasteiger partial charge is 0.239 e. The number of ether oxygens (including phenoxy) is 2. The van der Waals surface area contributed by atoms with Gasteiger partial charge < -0.3 is 20.5 Å². The summed E-state index contributed by atoms with van der Waals surface area (Å²) in [5, 5.41) is 2.99. The number of amides is 1. The maximum atomic E-state index is 12.1. The molecule has 1 amide bonds. The minimum absolute atomic E-state index is 0.0923. The molecule has 0 aromatic heterocycles. The molecular formula is C15H22N2O3. The van der Waals surface area contributed by atoms with E-state index >= 15 is 0 Å². The lowest BCUT2D eigenvalue weighted by Gasteiger charge is -2.38. The van der Waals surface area contributed by atoms with Gasteiger partial charge in [0.1, 0.15) is 17.4 Å². The van der Waals surface area contributed by atoms with Crippen LogP contribution in [0.3, 0.4) is 0 Å². The molecular weight excluding hydrogens is 256 g/mol. The van der Waals surface area contributed by atoms with E-state index in [4.69, 9.17) is 15.2 Å². The summed E-state index contributed by atoms with van der Waals surface area (Å²) in [6.07, 6.45) is 0.704. The molecule has 0 fully saturated rings. The summed E-state index contributed by atoms with van der Waals surface area (Å²) in [5.74, 6) is 0.610. The number of rotatable bonds is 4. The molecule has 0 saturated heterocycles. The highest BCUT2D eigenvalue weighted by Crippen LogP contribution is 2.39. The van der Waals surface area contributed by atoms with Crippen LogP contribution in [0, 0.1) is 0 Å². The molecule has 20 heavy (non-hydrogen) atoms. The predicted molar refractivity (Wildman–Crippen MR) is 76.5 cm³/mol. The van der Waals surface area contributed by atoms with E-state index in [1.54, 1.807) is 0 Å². The molecule has 5 heteroatoms. The van der Waals surface area contributed by atoms with E-state index in [0.29, 0.717) is 6.42 Å². The van der Waals surface area contributed by atoms with Gasteiger partial charge in [-0.25, -0.2) is 0 Å². The van der Waals surface area contributed by atoms with Crippen molar-refractivity contribution in [3.8, 4) is 5.75 Å². The second kappa shape index (κ2) is 5.81.